The van der Waals surface area contributed by atoms with Gasteiger partial charge in [-0.05, 0) is 49.3 Å². The molecule has 0 spiro atoms. The molecule has 0 aliphatic carbocycles. The molecule has 0 atom stereocenters. The summed E-state index contributed by atoms with van der Waals surface area (Å²) in [5.74, 6) is 1.40. The third-order valence-corrected chi connectivity index (χ3v) is 5.56. The summed E-state index contributed by atoms with van der Waals surface area (Å²) in [6.45, 7) is 10.5. The van der Waals surface area contributed by atoms with Gasteiger partial charge in [-0.1, -0.05) is 39.3 Å². The number of hydrogen-bond donors (Lipinski definition) is 0. The van der Waals surface area contributed by atoms with Gasteiger partial charge in [-0.15, -0.1) is 0 Å². The minimum Gasteiger partial charge on any atom is -0.483 e. The molecule has 0 unspecified atom stereocenters. The molecule has 5 heteroatoms. The fourth-order valence-electron chi connectivity index (χ4n) is 3.67. The molecular weight excluding hydrogens is 352 g/mol. The van der Waals surface area contributed by atoms with Crippen molar-refractivity contribution in [2.75, 3.05) is 33.3 Å². The number of unbranched alkanes of at least 4 members (excludes halogenated alkanes) is 1. The summed E-state index contributed by atoms with van der Waals surface area (Å²) in [7, 11) is 1.89. The Bertz CT molecular complexity index is 664. The van der Waals surface area contributed by atoms with Crippen LogP contribution in [-0.4, -0.2) is 54.9 Å². The highest BCUT2D eigenvalue weighted by molar-refractivity contribution is 5.80. The smallest absolute Gasteiger partial charge is 0.260 e. The third-order valence-electron chi connectivity index (χ3n) is 5.56. The maximum Gasteiger partial charge on any atom is 0.260 e. The highest BCUT2D eigenvalue weighted by Gasteiger charge is 2.29. The number of carbonyl (C=O) groups is 2. The molecule has 1 aromatic carbocycles. The SMILES string of the molecule is CCCCN(C)C(=O)C1CCN(C(=O)COc2cc(C)ccc2C(C)C)CC1. The predicted octanol–water partition coefficient (Wildman–Crippen LogP) is 3.99. The molecule has 156 valence electrons. The second kappa shape index (κ2) is 10.5. The number of aryl methyl sites for hydroxylation is 1. The average molecular weight is 389 g/mol. The summed E-state index contributed by atoms with van der Waals surface area (Å²) in [5, 5.41) is 0. The van der Waals surface area contributed by atoms with E-state index in [0.717, 1.165) is 49.1 Å². The Hall–Kier alpha value is -2.04. The molecule has 1 saturated heterocycles. The van der Waals surface area contributed by atoms with Gasteiger partial charge in [0.25, 0.3) is 5.91 Å². The van der Waals surface area contributed by atoms with Gasteiger partial charge in [0.15, 0.2) is 6.61 Å². The molecule has 0 bridgehead atoms. The first kappa shape index (κ1) is 22.3. The van der Waals surface area contributed by atoms with Crippen LogP contribution in [-0.2, 0) is 9.59 Å². The lowest BCUT2D eigenvalue weighted by atomic mass is 9.95. The van der Waals surface area contributed by atoms with E-state index in [1.54, 1.807) is 0 Å². The number of rotatable bonds is 8. The van der Waals surface area contributed by atoms with E-state index in [0.29, 0.717) is 19.0 Å². The van der Waals surface area contributed by atoms with Crippen LogP contribution in [0.5, 0.6) is 5.75 Å². The summed E-state index contributed by atoms with van der Waals surface area (Å²) < 4.78 is 5.88. The molecular formula is C23H36N2O3. The van der Waals surface area contributed by atoms with Gasteiger partial charge in [0.1, 0.15) is 5.75 Å². The van der Waals surface area contributed by atoms with Crippen LogP contribution >= 0.6 is 0 Å². The van der Waals surface area contributed by atoms with E-state index >= 15 is 0 Å². The minimum absolute atomic E-state index is 0.00134. The fraction of sp³-hybridized carbons (Fsp3) is 0.652. The number of piperidine rings is 1. The third kappa shape index (κ3) is 5.98. The molecule has 1 aromatic rings. The fourth-order valence-corrected chi connectivity index (χ4v) is 3.67. The van der Waals surface area contributed by atoms with Gasteiger partial charge in [-0.3, -0.25) is 9.59 Å². The molecule has 0 saturated carbocycles. The lowest BCUT2D eigenvalue weighted by Gasteiger charge is -2.33. The summed E-state index contributed by atoms with van der Waals surface area (Å²) in [4.78, 5) is 28.8. The quantitative estimate of drug-likeness (QED) is 0.676. The van der Waals surface area contributed by atoms with Crippen molar-refractivity contribution in [3.63, 3.8) is 0 Å². The highest BCUT2D eigenvalue weighted by atomic mass is 16.5. The van der Waals surface area contributed by atoms with Crippen molar-refractivity contribution >= 4 is 11.8 Å². The Balaban J connectivity index is 1.84. The van der Waals surface area contributed by atoms with E-state index < -0.39 is 0 Å². The molecule has 0 radical (unpaired) electrons. The molecule has 2 amide bonds. The van der Waals surface area contributed by atoms with Crippen molar-refractivity contribution in [3.05, 3.63) is 29.3 Å². The summed E-state index contributed by atoms with van der Waals surface area (Å²) in [6, 6.07) is 6.15. The normalized spacial score (nSPS) is 15.0. The van der Waals surface area contributed by atoms with E-state index in [1.807, 2.05) is 29.8 Å². The molecule has 0 N–H and O–H groups in total. The van der Waals surface area contributed by atoms with Gasteiger partial charge in [0.05, 0.1) is 0 Å². The lowest BCUT2D eigenvalue weighted by Crippen LogP contribution is -2.45. The Labute approximate surface area is 170 Å². The number of ether oxygens (including phenoxy) is 1. The van der Waals surface area contributed by atoms with Gasteiger partial charge >= 0.3 is 0 Å². The number of hydrogen-bond acceptors (Lipinski definition) is 3. The van der Waals surface area contributed by atoms with Gasteiger partial charge < -0.3 is 14.5 Å². The molecule has 0 aromatic heterocycles. The van der Waals surface area contributed by atoms with Crippen LogP contribution in [0.4, 0.5) is 0 Å². The Morgan fingerprint density at radius 1 is 1.25 bits per heavy atom. The molecule has 5 nitrogen and oxygen atoms in total. The van der Waals surface area contributed by atoms with E-state index in [-0.39, 0.29) is 24.3 Å². The second-order valence-corrected chi connectivity index (χ2v) is 8.25. The van der Waals surface area contributed by atoms with E-state index in [4.69, 9.17) is 4.74 Å². The van der Waals surface area contributed by atoms with Crippen LogP contribution in [0.1, 0.15) is 63.5 Å². The molecule has 28 heavy (non-hydrogen) atoms. The second-order valence-electron chi connectivity index (χ2n) is 8.25. The van der Waals surface area contributed by atoms with Crippen LogP contribution in [0, 0.1) is 12.8 Å². The van der Waals surface area contributed by atoms with Crippen LogP contribution < -0.4 is 4.74 Å². The summed E-state index contributed by atoms with van der Waals surface area (Å²) in [5.41, 5.74) is 2.25. The molecule has 1 fully saturated rings. The van der Waals surface area contributed by atoms with Crippen molar-refractivity contribution in [1.29, 1.82) is 0 Å². The number of likely N-dealkylation sites (tertiary alicyclic amines) is 1. The van der Waals surface area contributed by atoms with Crippen LogP contribution in [0.2, 0.25) is 0 Å². The largest absolute Gasteiger partial charge is 0.483 e. The highest BCUT2D eigenvalue weighted by Crippen LogP contribution is 2.27. The first-order valence-electron chi connectivity index (χ1n) is 10.6. The first-order chi connectivity index (χ1) is 13.3. The van der Waals surface area contributed by atoms with Crippen molar-refractivity contribution < 1.29 is 14.3 Å². The van der Waals surface area contributed by atoms with E-state index in [9.17, 15) is 9.59 Å². The monoisotopic (exact) mass is 388 g/mol. The van der Waals surface area contributed by atoms with Crippen molar-refractivity contribution in [1.82, 2.24) is 9.80 Å². The zero-order valence-electron chi connectivity index (χ0n) is 18.2. The summed E-state index contributed by atoms with van der Waals surface area (Å²) >= 11 is 0. The van der Waals surface area contributed by atoms with Gasteiger partial charge in [-0.25, -0.2) is 0 Å². The number of nitrogens with zero attached hydrogens (tertiary/aromatic N) is 2. The zero-order chi connectivity index (χ0) is 20.7. The Morgan fingerprint density at radius 3 is 2.54 bits per heavy atom. The number of carbonyl (C=O) groups excluding carboxylic acids is 2. The van der Waals surface area contributed by atoms with E-state index in [1.165, 1.54) is 0 Å². The summed E-state index contributed by atoms with van der Waals surface area (Å²) in [6.07, 6.45) is 3.60. The maximum atomic E-state index is 12.6. The average Bonchev–Trinajstić information content (AvgIpc) is 2.69. The first-order valence-corrected chi connectivity index (χ1v) is 10.6. The van der Waals surface area contributed by atoms with Crippen LogP contribution in [0.3, 0.4) is 0 Å². The zero-order valence-corrected chi connectivity index (χ0v) is 18.2. The van der Waals surface area contributed by atoms with Gasteiger partial charge in [-0.2, -0.15) is 0 Å². The molecule has 1 aliphatic heterocycles. The van der Waals surface area contributed by atoms with Crippen LogP contribution in [0.25, 0.3) is 0 Å². The predicted molar refractivity (Wildman–Crippen MR) is 113 cm³/mol. The minimum atomic E-state index is 0.00134. The Kier molecular flexibility index (Phi) is 8.34. The standard InChI is InChI=1S/C23H36N2O3/c1-6-7-12-24(5)23(27)19-10-13-25(14-11-19)22(26)16-28-21-15-18(4)8-9-20(21)17(2)3/h8-9,15,17,19H,6-7,10-14,16H2,1-5H3. The molecule has 2 rings (SSSR count). The van der Waals surface area contributed by atoms with Crippen molar-refractivity contribution in [3.8, 4) is 5.75 Å². The number of benzene rings is 1. The Morgan fingerprint density at radius 2 is 1.93 bits per heavy atom. The van der Waals surface area contributed by atoms with Gasteiger partial charge in [0.2, 0.25) is 5.91 Å². The topological polar surface area (TPSA) is 49.9 Å². The van der Waals surface area contributed by atoms with Crippen molar-refractivity contribution in [2.45, 2.75) is 59.3 Å². The molecule has 1 aliphatic rings. The van der Waals surface area contributed by atoms with Crippen molar-refractivity contribution in [2.24, 2.45) is 5.92 Å². The van der Waals surface area contributed by atoms with Gasteiger partial charge in [0, 0.05) is 32.6 Å². The van der Waals surface area contributed by atoms with E-state index in [2.05, 4.69) is 32.9 Å². The lowest BCUT2D eigenvalue weighted by molar-refractivity contribution is -0.140. The molecule has 1 heterocycles. The maximum absolute atomic E-state index is 12.6. The number of amides is 2. The van der Waals surface area contributed by atoms with Crippen LogP contribution in [0.15, 0.2) is 18.2 Å².